The van der Waals surface area contributed by atoms with Crippen LogP contribution in [-0.2, 0) is 15.0 Å². The zero-order chi connectivity index (χ0) is 17.7. The van der Waals surface area contributed by atoms with Gasteiger partial charge in [0, 0.05) is 18.4 Å². The number of carbonyl (C=O) groups excluding carboxylic acids is 2. The zero-order valence-corrected chi connectivity index (χ0v) is 15.0. The third-order valence-corrected chi connectivity index (χ3v) is 4.24. The molecule has 1 aromatic rings. The van der Waals surface area contributed by atoms with Gasteiger partial charge in [-0.3, -0.25) is 9.59 Å². The Bertz CT molecular complexity index is 575. The molecule has 2 N–H and O–H groups in total. The molecule has 1 heterocycles. The molecule has 1 aromatic carbocycles. The van der Waals surface area contributed by atoms with Crippen LogP contribution in [0.3, 0.4) is 0 Å². The molecular weight excluding hydrogens is 304 g/mol. The zero-order valence-electron chi connectivity index (χ0n) is 15.0. The van der Waals surface area contributed by atoms with Crippen molar-refractivity contribution in [2.75, 3.05) is 13.2 Å². The topological polar surface area (TPSA) is 67.4 Å². The van der Waals surface area contributed by atoms with Crippen LogP contribution in [0.1, 0.15) is 46.1 Å². The molecule has 2 amide bonds. The van der Waals surface area contributed by atoms with Gasteiger partial charge in [0.2, 0.25) is 11.8 Å². The van der Waals surface area contributed by atoms with Crippen molar-refractivity contribution in [3.05, 3.63) is 29.8 Å². The van der Waals surface area contributed by atoms with Crippen molar-refractivity contribution in [2.45, 2.75) is 52.0 Å². The molecule has 0 radical (unpaired) electrons. The van der Waals surface area contributed by atoms with Crippen LogP contribution in [0.4, 0.5) is 0 Å². The number of nitrogens with one attached hydrogen (secondary N) is 2. The summed E-state index contributed by atoms with van der Waals surface area (Å²) in [6, 6.07) is 8.09. The maximum Gasteiger partial charge on any atom is 0.223 e. The first-order chi connectivity index (χ1) is 11.3. The molecule has 1 aliphatic rings. The van der Waals surface area contributed by atoms with E-state index in [-0.39, 0.29) is 35.6 Å². The molecule has 2 atom stereocenters. The smallest absolute Gasteiger partial charge is 0.223 e. The summed E-state index contributed by atoms with van der Waals surface area (Å²) in [7, 11) is 0. The fourth-order valence-electron chi connectivity index (χ4n) is 2.86. The number of hydrogen-bond donors (Lipinski definition) is 2. The highest BCUT2D eigenvalue weighted by atomic mass is 16.5. The predicted octanol–water partition coefficient (Wildman–Crippen LogP) is 2.39. The van der Waals surface area contributed by atoms with Gasteiger partial charge in [0.1, 0.15) is 12.4 Å². The van der Waals surface area contributed by atoms with Gasteiger partial charge < -0.3 is 15.4 Å². The molecule has 24 heavy (non-hydrogen) atoms. The van der Waals surface area contributed by atoms with Gasteiger partial charge in [0.05, 0.1) is 6.54 Å². The van der Waals surface area contributed by atoms with E-state index >= 15 is 0 Å². The number of benzene rings is 1. The Morgan fingerprint density at radius 2 is 1.96 bits per heavy atom. The van der Waals surface area contributed by atoms with Gasteiger partial charge in [-0.15, -0.1) is 0 Å². The van der Waals surface area contributed by atoms with Gasteiger partial charge in [0.15, 0.2) is 0 Å². The quantitative estimate of drug-likeness (QED) is 0.814. The van der Waals surface area contributed by atoms with Crippen LogP contribution in [0, 0.1) is 5.92 Å². The molecule has 1 fully saturated rings. The van der Waals surface area contributed by atoms with Gasteiger partial charge in [-0.2, -0.15) is 0 Å². The summed E-state index contributed by atoms with van der Waals surface area (Å²) in [5.74, 6) is 0.440. The van der Waals surface area contributed by atoms with E-state index in [9.17, 15) is 9.59 Å². The van der Waals surface area contributed by atoms with Crippen LogP contribution in [0.25, 0.3) is 0 Å². The average molecular weight is 332 g/mol. The molecule has 5 heteroatoms. The van der Waals surface area contributed by atoms with Crippen LogP contribution < -0.4 is 15.4 Å². The van der Waals surface area contributed by atoms with Crippen molar-refractivity contribution in [1.82, 2.24) is 10.6 Å². The molecule has 2 unspecified atom stereocenters. The second kappa shape index (κ2) is 7.69. The van der Waals surface area contributed by atoms with Gasteiger partial charge in [-0.05, 0) is 36.5 Å². The lowest BCUT2D eigenvalue weighted by Gasteiger charge is -2.26. The van der Waals surface area contributed by atoms with Crippen molar-refractivity contribution in [3.63, 3.8) is 0 Å². The Hall–Kier alpha value is -2.04. The van der Waals surface area contributed by atoms with E-state index in [0.717, 1.165) is 5.75 Å². The minimum Gasteiger partial charge on any atom is -0.492 e. The number of amides is 2. The van der Waals surface area contributed by atoms with Crippen LogP contribution in [0.5, 0.6) is 5.75 Å². The van der Waals surface area contributed by atoms with Gasteiger partial charge in [-0.1, -0.05) is 32.9 Å². The maximum atomic E-state index is 12.1. The summed E-state index contributed by atoms with van der Waals surface area (Å²) < 4.78 is 5.66. The molecule has 5 nitrogen and oxygen atoms in total. The van der Waals surface area contributed by atoms with E-state index in [4.69, 9.17) is 4.74 Å². The van der Waals surface area contributed by atoms with Crippen LogP contribution in [0.15, 0.2) is 24.3 Å². The Morgan fingerprint density at radius 3 is 2.54 bits per heavy atom. The lowest BCUT2D eigenvalue weighted by atomic mass is 9.87. The third kappa shape index (κ3) is 5.25. The first-order valence-electron chi connectivity index (χ1n) is 8.56. The van der Waals surface area contributed by atoms with Gasteiger partial charge in [0.25, 0.3) is 0 Å². The highest BCUT2D eigenvalue weighted by molar-refractivity contribution is 5.87. The molecule has 1 saturated heterocycles. The number of piperidine rings is 1. The normalized spacial score (nSPS) is 21.1. The van der Waals surface area contributed by atoms with Crippen molar-refractivity contribution in [2.24, 2.45) is 5.92 Å². The fourth-order valence-corrected chi connectivity index (χ4v) is 2.86. The molecule has 1 aliphatic heterocycles. The van der Waals surface area contributed by atoms with E-state index in [1.165, 1.54) is 5.56 Å². The van der Waals surface area contributed by atoms with E-state index in [2.05, 4.69) is 43.5 Å². The number of rotatable bonds is 5. The maximum absolute atomic E-state index is 12.1. The Labute approximate surface area is 144 Å². The fraction of sp³-hybridized carbons (Fsp3) is 0.579. The van der Waals surface area contributed by atoms with Crippen LogP contribution >= 0.6 is 0 Å². The Morgan fingerprint density at radius 1 is 1.29 bits per heavy atom. The second-order valence-corrected chi connectivity index (χ2v) is 7.52. The Kier molecular flexibility index (Phi) is 5.86. The highest BCUT2D eigenvalue weighted by Crippen LogP contribution is 2.24. The first kappa shape index (κ1) is 18.3. The van der Waals surface area contributed by atoms with Crippen LogP contribution in [-0.4, -0.2) is 31.0 Å². The standard InChI is InChI=1S/C19H28N2O3/c1-13-11-14(12-17(22)21-13)18(23)20-9-10-24-16-7-5-15(6-8-16)19(2,3)4/h5-8,13-14H,9-12H2,1-4H3,(H,20,23)(H,21,22). The summed E-state index contributed by atoms with van der Waals surface area (Å²) in [4.78, 5) is 23.6. The molecular formula is C19H28N2O3. The minimum atomic E-state index is -0.236. The molecule has 132 valence electrons. The first-order valence-corrected chi connectivity index (χ1v) is 8.56. The van der Waals surface area contributed by atoms with E-state index in [1.54, 1.807) is 0 Å². The SMILES string of the molecule is CC1CC(C(=O)NCCOc2ccc(C(C)(C)C)cc2)CC(=O)N1. The lowest BCUT2D eigenvalue weighted by Crippen LogP contribution is -2.46. The minimum absolute atomic E-state index is 0.0518. The lowest BCUT2D eigenvalue weighted by molar-refractivity contribution is -0.133. The molecule has 0 aliphatic carbocycles. The summed E-state index contributed by atoms with van der Waals surface area (Å²) >= 11 is 0. The van der Waals surface area contributed by atoms with Crippen molar-refractivity contribution < 1.29 is 14.3 Å². The summed E-state index contributed by atoms with van der Waals surface area (Å²) in [5, 5.41) is 5.68. The summed E-state index contributed by atoms with van der Waals surface area (Å²) in [6.45, 7) is 9.28. The molecule has 0 aromatic heterocycles. The van der Waals surface area contributed by atoms with Crippen molar-refractivity contribution in [3.8, 4) is 5.75 Å². The second-order valence-electron chi connectivity index (χ2n) is 7.52. The van der Waals surface area contributed by atoms with Gasteiger partial charge >= 0.3 is 0 Å². The molecule has 0 bridgehead atoms. The van der Waals surface area contributed by atoms with Gasteiger partial charge in [-0.25, -0.2) is 0 Å². The van der Waals surface area contributed by atoms with E-state index in [0.29, 0.717) is 19.6 Å². The number of carbonyl (C=O) groups is 2. The molecule has 0 saturated carbocycles. The number of hydrogen-bond acceptors (Lipinski definition) is 3. The Balaban J connectivity index is 1.72. The molecule has 0 spiro atoms. The number of ether oxygens (including phenoxy) is 1. The van der Waals surface area contributed by atoms with Crippen molar-refractivity contribution in [1.29, 1.82) is 0 Å². The largest absolute Gasteiger partial charge is 0.492 e. The predicted molar refractivity (Wildman–Crippen MR) is 94.0 cm³/mol. The van der Waals surface area contributed by atoms with E-state index in [1.807, 2.05) is 19.1 Å². The van der Waals surface area contributed by atoms with Crippen LogP contribution in [0.2, 0.25) is 0 Å². The van der Waals surface area contributed by atoms with Crippen molar-refractivity contribution >= 4 is 11.8 Å². The highest BCUT2D eigenvalue weighted by Gasteiger charge is 2.28. The molecule has 2 rings (SSSR count). The average Bonchev–Trinajstić information content (AvgIpc) is 2.50. The summed E-state index contributed by atoms with van der Waals surface area (Å²) in [6.07, 6.45) is 0.956. The monoisotopic (exact) mass is 332 g/mol. The summed E-state index contributed by atoms with van der Waals surface area (Å²) in [5.41, 5.74) is 1.38. The van der Waals surface area contributed by atoms with E-state index < -0.39 is 0 Å². The third-order valence-electron chi connectivity index (χ3n) is 4.24.